The van der Waals surface area contributed by atoms with Crippen molar-refractivity contribution in [2.75, 3.05) is 6.61 Å². The Balaban J connectivity index is 1.63. The first kappa shape index (κ1) is 27.2. The Hall–Kier alpha value is -4.97. The van der Waals surface area contributed by atoms with Crippen LogP contribution in [-0.2, 0) is 4.79 Å². The van der Waals surface area contributed by atoms with Crippen LogP contribution < -0.4 is 10.1 Å². The largest absolute Gasteiger partial charge is 0.493 e. The average molecular weight is 586 g/mol. The molecule has 0 aliphatic heterocycles. The molecular formula is C30H25F2N7O2S. The van der Waals surface area contributed by atoms with E-state index in [1.54, 1.807) is 23.7 Å². The summed E-state index contributed by atoms with van der Waals surface area (Å²) in [6, 6.07) is 9.00. The maximum Gasteiger partial charge on any atom is 0.243 e. The first-order valence-corrected chi connectivity index (χ1v) is 14.1. The number of hydrogen-bond donors (Lipinski definition) is 2. The molecule has 0 saturated heterocycles. The van der Waals surface area contributed by atoms with E-state index in [4.69, 9.17) is 9.72 Å². The number of halogens is 2. The molecular weight excluding hydrogens is 560 g/mol. The molecule has 0 saturated carbocycles. The molecule has 0 aliphatic rings. The zero-order valence-electron chi connectivity index (χ0n) is 22.7. The lowest BCUT2D eigenvalue weighted by Crippen LogP contribution is -2.24. The smallest absolute Gasteiger partial charge is 0.243 e. The van der Waals surface area contributed by atoms with Crippen LogP contribution in [0.15, 0.2) is 67.0 Å². The molecule has 0 radical (unpaired) electrons. The van der Waals surface area contributed by atoms with Gasteiger partial charge in [-0.05, 0) is 49.1 Å². The van der Waals surface area contributed by atoms with Crippen LogP contribution in [0.25, 0.3) is 49.5 Å². The van der Waals surface area contributed by atoms with Crippen molar-refractivity contribution in [1.29, 1.82) is 0 Å². The van der Waals surface area contributed by atoms with E-state index in [-0.39, 0.29) is 23.8 Å². The molecule has 5 heterocycles. The number of fused-ring (bicyclic) bond motifs is 2. The number of benzene rings is 1. The summed E-state index contributed by atoms with van der Waals surface area (Å²) in [6.07, 6.45) is 5.31. The van der Waals surface area contributed by atoms with Crippen molar-refractivity contribution in [3.63, 3.8) is 0 Å². The van der Waals surface area contributed by atoms with Gasteiger partial charge in [0.15, 0.2) is 5.65 Å². The molecule has 6 aromatic rings. The van der Waals surface area contributed by atoms with E-state index >= 15 is 4.39 Å². The van der Waals surface area contributed by atoms with Gasteiger partial charge in [-0.25, -0.2) is 13.8 Å². The van der Waals surface area contributed by atoms with Gasteiger partial charge in [0.25, 0.3) is 0 Å². The normalized spacial score (nSPS) is 12.1. The number of pyridine rings is 2. The molecule has 0 aliphatic carbocycles. The first-order valence-electron chi connectivity index (χ1n) is 13.2. The Bertz CT molecular complexity index is 1960. The van der Waals surface area contributed by atoms with Gasteiger partial charge in [0.05, 0.1) is 29.6 Å². The summed E-state index contributed by atoms with van der Waals surface area (Å²) in [5.41, 5.74) is 3.99. The van der Waals surface area contributed by atoms with Gasteiger partial charge in [-0.2, -0.15) is 5.10 Å². The summed E-state index contributed by atoms with van der Waals surface area (Å²) in [7, 11) is 0. The highest BCUT2D eigenvalue weighted by atomic mass is 32.1. The zero-order chi connectivity index (χ0) is 29.4. The average Bonchev–Trinajstić information content (AvgIpc) is 3.76. The summed E-state index contributed by atoms with van der Waals surface area (Å²) >= 11 is 1.41. The highest BCUT2D eigenvalue weighted by Gasteiger charge is 2.27. The molecule has 6 rings (SSSR count). The van der Waals surface area contributed by atoms with Gasteiger partial charge in [0, 0.05) is 39.5 Å². The molecule has 0 bridgehead atoms. The lowest BCUT2D eigenvalue weighted by molar-refractivity contribution is -0.117. The number of amides is 1. The number of carbonyl (C=O) groups excluding carboxylic acids is 1. The Kier molecular flexibility index (Phi) is 7.21. The maximum absolute atomic E-state index is 15.8. The number of H-pyrrole nitrogens is 1. The van der Waals surface area contributed by atoms with Gasteiger partial charge >= 0.3 is 0 Å². The summed E-state index contributed by atoms with van der Waals surface area (Å²) < 4.78 is 38.6. The van der Waals surface area contributed by atoms with Crippen molar-refractivity contribution >= 4 is 33.0 Å². The van der Waals surface area contributed by atoms with E-state index in [0.717, 1.165) is 21.7 Å². The van der Waals surface area contributed by atoms with Crippen LogP contribution in [0.3, 0.4) is 0 Å². The van der Waals surface area contributed by atoms with E-state index in [2.05, 4.69) is 32.3 Å². The minimum absolute atomic E-state index is 0.0770. The number of thiophene rings is 1. The number of nitrogens with one attached hydrogen (secondary N) is 2. The fraction of sp³-hybridized carbons (Fsp3) is 0.167. The van der Waals surface area contributed by atoms with E-state index in [1.807, 2.05) is 36.7 Å². The van der Waals surface area contributed by atoms with E-state index < -0.39 is 17.7 Å². The van der Waals surface area contributed by atoms with Gasteiger partial charge in [-0.1, -0.05) is 13.5 Å². The predicted octanol–water partition coefficient (Wildman–Crippen LogP) is 6.49. The summed E-state index contributed by atoms with van der Waals surface area (Å²) in [6.45, 7) is 7.48. The lowest BCUT2D eigenvalue weighted by atomic mass is 9.96. The molecule has 0 fully saturated rings. The van der Waals surface area contributed by atoms with Crippen molar-refractivity contribution in [2.24, 2.45) is 0 Å². The van der Waals surface area contributed by atoms with Crippen LogP contribution in [-0.4, -0.2) is 42.3 Å². The second-order valence-electron chi connectivity index (χ2n) is 9.61. The Morgan fingerprint density at radius 1 is 1.21 bits per heavy atom. The maximum atomic E-state index is 15.8. The number of aromatic amines is 1. The third-order valence-electron chi connectivity index (χ3n) is 6.75. The summed E-state index contributed by atoms with van der Waals surface area (Å²) in [5, 5.41) is 21.0. The molecule has 2 N–H and O–H groups in total. The number of aromatic nitrogens is 6. The van der Waals surface area contributed by atoms with Crippen molar-refractivity contribution in [1.82, 2.24) is 35.1 Å². The van der Waals surface area contributed by atoms with Gasteiger partial charge in [-0.15, -0.1) is 21.5 Å². The van der Waals surface area contributed by atoms with Gasteiger partial charge in [0.2, 0.25) is 5.91 Å². The lowest BCUT2D eigenvalue weighted by Gasteiger charge is -2.17. The van der Waals surface area contributed by atoms with E-state index in [0.29, 0.717) is 40.4 Å². The predicted molar refractivity (Wildman–Crippen MR) is 157 cm³/mol. The topological polar surface area (TPSA) is 110 Å². The van der Waals surface area contributed by atoms with E-state index in [1.165, 1.54) is 23.5 Å². The Labute approximate surface area is 242 Å². The highest BCUT2D eigenvalue weighted by molar-refractivity contribution is 7.18. The minimum atomic E-state index is -0.778. The fourth-order valence-electron chi connectivity index (χ4n) is 4.78. The van der Waals surface area contributed by atoms with Crippen LogP contribution in [0.2, 0.25) is 0 Å². The Morgan fingerprint density at radius 2 is 2.07 bits per heavy atom. The molecule has 1 amide bonds. The van der Waals surface area contributed by atoms with Crippen molar-refractivity contribution in [3.8, 4) is 39.5 Å². The molecule has 0 spiro atoms. The first-order chi connectivity index (χ1) is 20.4. The van der Waals surface area contributed by atoms with Crippen LogP contribution in [0, 0.1) is 11.6 Å². The molecule has 12 heteroatoms. The van der Waals surface area contributed by atoms with Crippen LogP contribution in [0.1, 0.15) is 32.0 Å². The number of nitrogens with zero attached hydrogens (tertiary/aromatic N) is 5. The SMILES string of the molecule is C=CC(=O)N[C@H](C)c1cc(-c2nc(-c3ccc4nncn4c3)c3ccsc3c2-c2c(F)cc(F)cc2OCCC)n[nH]1. The number of hydrogen-bond acceptors (Lipinski definition) is 7. The monoisotopic (exact) mass is 585 g/mol. The number of ether oxygens (including phenoxy) is 1. The van der Waals surface area contributed by atoms with Crippen LogP contribution in [0.4, 0.5) is 8.78 Å². The van der Waals surface area contributed by atoms with Crippen LogP contribution >= 0.6 is 11.3 Å². The number of rotatable bonds is 9. The van der Waals surface area contributed by atoms with Gasteiger partial charge in [0.1, 0.15) is 35.1 Å². The molecule has 9 nitrogen and oxygen atoms in total. The van der Waals surface area contributed by atoms with Gasteiger partial charge in [-0.3, -0.25) is 14.3 Å². The number of carbonyl (C=O) groups is 1. The van der Waals surface area contributed by atoms with Crippen molar-refractivity contribution in [2.45, 2.75) is 26.3 Å². The fourth-order valence-corrected chi connectivity index (χ4v) is 5.73. The minimum Gasteiger partial charge on any atom is -0.493 e. The second-order valence-corrected chi connectivity index (χ2v) is 10.5. The Morgan fingerprint density at radius 3 is 2.88 bits per heavy atom. The molecule has 42 heavy (non-hydrogen) atoms. The zero-order valence-corrected chi connectivity index (χ0v) is 23.5. The second kappa shape index (κ2) is 11.1. The van der Waals surface area contributed by atoms with E-state index in [9.17, 15) is 9.18 Å². The molecule has 1 atom stereocenters. The van der Waals surface area contributed by atoms with Crippen molar-refractivity contribution in [3.05, 3.63) is 84.3 Å². The molecule has 212 valence electrons. The van der Waals surface area contributed by atoms with Gasteiger partial charge < -0.3 is 10.1 Å². The van der Waals surface area contributed by atoms with Crippen LogP contribution in [0.5, 0.6) is 5.75 Å². The third-order valence-corrected chi connectivity index (χ3v) is 7.69. The molecule has 0 unspecified atom stereocenters. The van der Waals surface area contributed by atoms with Crippen molar-refractivity contribution < 1.29 is 18.3 Å². The summed E-state index contributed by atoms with van der Waals surface area (Å²) in [5.74, 6) is -1.78. The standard InChI is InChI=1S/C30H25F2N7O2S/c1-4-9-41-23-12-18(31)11-20(32)26(23)27-29(22-13-21(36-37-22)16(3)34-25(40)5-2)35-28(19-8-10-42-30(19)27)17-6-7-24-38-33-15-39(24)14-17/h5-8,10-16H,2,4,9H2,1,3H3,(H,34,40)(H,36,37)/t16-/m1/s1. The third kappa shape index (κ3) is 4.90. The highest BCUT2D eigenvalue weighted by Crippen LogP contribution is 2.47. The molecule has 1 aromatic carbocycles. The summed E-state index contributed by atoms with van der Waals surface area (Å²) in [4.78, 5) is 17.0. The quantitative estimate of drug-likeness (QED) is 0.188. The molecule has 5 aromatic heterocycles.